The first kappa shape index (κ1) is 11.1. The van der Waals surface area contributed by atoms with Crippen LogP contribution in [0.3, 0.4) is 0 Å². The van der Waals surface area contributed by atoms with Gasteiger partial charge in [0.2, 0.25) is 0 Å². The number of ether oxygens (including phenoxy) is 2. The highest BCUT2D eigenvalue weighted by Gasteiger charge is 2.21. The average Bonchev–Trinajstić information content (AvgIpc) is 2.17. The van der Waals surface area contributed by atoms with Crippen molar-refractivity contribution < 1.29 is 23.8 Å². The van der Waals surface area contributed by atoms with E-state index in [4.69, 9.17) is 15.6 Å². The zero-order valence-electron chi connectivity index (χ0n) is 8.20. The van der Waals surface area contributed by atoms with Crippen LogP contribution in [-0.4, -0.2) is 25.3 Å². The van der Waals surface area contributed by atoms with E-state index in [0.717, 1.165) is 6.07 Å². The van der Waals surface area contributed by atoms with Gasteiger partial charge in [-0.1, -0.05) is 0 Å². The zero-order chi connectivity index (χ0) is 11.6. The third kappa shape index (κ3) is 1.78. The molecule has 1 aromatic rings. The molecule has 6 heteroatoms. The monoisotopic (exact) mass is 215 g/mol. The fourth-order valence-electron chi connectivity index (χ4n) is 1.22. The maximum atomic E-state index is 13.3. The van der Waals surface area contributed by atoms with Crippen molar-refractivity contribution in [3.05, 3.63) is 17.4 Å². The van der Waals surface area contributed by atoms with Crippen molar-refractivity contribution in [3.63, 3.8) is 0 Å². The summed E-state index contributed by atoms with van der Waals surface area (Å²) in [7, 11) is 2.48. The third-order valence-corrected chi connectivity index (χ3v) is 1.86. The van der Waals surface area contributed by atoms with Crippen LogP contribution in [0.4, 0.5) is 10.1 Å². The van der Waals surface area contributed by atoms with Crippen LogP contribution in [0.2, 0.25) is 0 Å². The Balaban J connectivity index is 3.51. The maximum Gasteiger partial charge on any atom is 0.339 e. The Morgan fingerprint density at radius 3 is 2.33 bits per heavy atom. The third-order valence-electron chi connectivity index (χ3n) is 1.86. The maximum absolute atomic E-state index is 13.3. The smallest absolute Gasteiger partial charge is 0.339 e. The number of rotatable bonds is 3. The standard InChI is InChI=1S/C9H10FNO4/c1-14-7-4(9(12)13)3-5(10)8(15-2)6(7)11/h3H,11H2,1-2H3,(H,12,13). The molecule has 0 radical (unpaired) electrons. The number of hydrogen-bond donors (Lipinski definition) is 2. The van der Waals surface area contributed by atoms with E-state index in [9.17, 15) is 9.18 Å². The number of nitrogen functional groups attached to an aromatic ring is 1. The van der Waals surface area contributed by atoms with Gasteiger partial charge in [-0.05, 0) is 6.07 Å². The number of benzene rings is 1. The summed E-state index contributed by atoms with van der Waals surface area (Å²) in [5.74, 6) is -2.49. The molecule has 82 valence electrons. The molecule has 0 aliphatic carbocycles. The van der Waals surface area contributed by atoms with Gasteiger partial charge in [-0.3, -0.25) is 0 Å². The van der Waals surface area contributed by atoms with E-state index in [1.807, 2.05) is 0 Å². The highest BCUT2D eigenvalue weighted by molar-refractivity contribution is 5.94. The van der Waals surface area contributed by atoms with Crippen molar-refractivity contribution in [2.75, 3.05) is 20.0 Å². The van der Waals surface area contributed by atoms with E-state index < -0.39 is 11.8 Å². The van der Waals surface area contributed by atoms with E-state index in [-0.39, 0.29) is 22.7 Å². The van der Waals surface area contributed by atoms with E-state index in [1.165, 1.54) is 14.2 Å². The molecular weight excluding hydrogens is 205 g/mol. The number of halogens is 1. The number of nitrogens with two attached hydrogens (primary N) is 1. The molecule has 0 atom stereocenters. The lowest BCUT2D eigenvalue weighted by atomic mass is 10.1. The molecule has 15 heavy (non-hydrogen) atoms. The Labute approximate surface area is 85.2 Å². The van der Waals surface area contributed by atoms with Gasteiger partial charge in [0.25, 0.3) is 0 Å². The Kier molecular flexibility index (Phi) is 2.99. The van der Waals surface area contributed by atoms with Gasteiger partial charge in [-0.25, -0.2) is 9.18 Å². The van der Waals surface area contributed by atoms with Crippen LogP contribution in [0.5, 0.6) is 11.5 Å². The fourth-order valence-corrected chi connectivity index (χ4v) is 1.22. The van der Waals surface area contributed by atoms with Crippen molar-refractivity contribution in [2.45, 2.75) is 0 Å². The number of methoxy groups -OCH3 is 2. The van der Waals surface area contributed by atoms with E-state index >= 15 is 0 Å². The van der Waals surface area contributed by atoms with Gasteiger partial charge in [0.1, 0.15) is 11.3 Å². The molecule has 0 heterocycles. The molecule has 0 aliphatic rings. The molecule has 0 fully saturated rings. The first-order chi connectivity index (χ1) is 7.02. The molecule has 0 aliphatic heterocycles. The van der Waals surface area contributed by atoms with Crippen molar-refractivity contribution in [3.8, 4) is 11.5 Å². The molecule has 1 rings (SSSR count). The zero-order valence-corrected chi connectivity index (χ0v) is 8.20. The lowest BCUT2D eigenvalue weighted by Crippen LogP contribution is -2.06. The lowest BCUT2D eigenvalue weighted by Gasteiger charge is -2.12. The minimum Gasteiger partial charge on any atom is -0.494 e. The summed E-state index contributed by atoms with van der Waals surface area (Å²) < 4.78 is 22.7. The summed E-state index contributed by atoms with van der Waals surface area (Å²) in [5, 5.41) is 8.77. The van der Waals surface area contributed by atoms with Crippen LogP contribution in [0.1, 0.15) is 10.4 Å². The number of carboxylic acid groups (broad SMARTS) is 1. The molecule has 5 nitrogen and oxygen atoms in total. The van der Waals surface area contributed by atoms with Crippen LogP contribution in [-0.2, 0) is 0 Å². The number of aromatic carboxylic acids is 1. The first-order valence-corrected chi connectivity index (χ1v) is 3.96. The Morgan fingerprint density at radius 1 is 1.40 bits per heavy atom. The second-order valence-corrected chi connectivity index (χ2v) is 2.69. The van der Waals surface area contributed by atoms with Crippen LogP contribution in [0.25, 0.3) is 0 Å². The van der Waals surface area contributed by atoms with Gasteiger partial charge in [0.15, 0.2) is 17.3 Å². The van der Waals surface area contributed by atoms with Crippen molar-refractivity contribution in [1.29, 1.82) is 0 Å². The summed E-state index contributed by atoms with van der Waals surface area (Å²) in [6, 6.07) is 0.802. The van der Waals surface area contributed by atoms with Gasteiger partial charge in [-0.15, -0.1) is 0 Å². The van der Waals surface area contributed by atoms with Gasteiger partial charge >= 0.3 is 5.97 Å². The normalized spacial score (nSPS) is 9.80. The topological polar surface area (TPSA) is 81.8 Å². The first-order valence-electron chi connectivity index (χ1n) is 3.96. The van der Waals surface area contributed by atoms with Crippen LogP contribution in [0, 0.1) is 5.82 Å². The Morgan fingerprint density at radius 2 is 1.93 bits per heavy atom. The SMILES string of the molecule is COc1c(F)cc(C(=O)O)c(OC)c1N. The van der Waals surface area contributed by atoms with Gasteiger partial charge in [0, 0.05) is 0 Å². The molecular formula is C9H10FNO4. The van der Waals surface area contributed by atoms with E-state index in [0.29, 0.717) is 0 Å². The molecule has 0 saturated heterocycles. The molecule has 0 unspecified atom stereocenters. The average molecular weight is 215 g/mol. The fraction of sp³-hybridized carbons (Fsp3) is 0.222. The molecule has 0 amide bonds. The predicted molar refractivity (Wildman–Crippen MR) is 50.9 cm³/mol. The van der Waals surface area contributed by atoms with Gasteiger partial charge in [0.05, 0.1) is 14.2 Å². The largest absolute Gasteiger partial charge is 0.494 e. The molecule has 0 saturated carbocycles. The van der Waals surface area contributed by atoms with Gasteiger partial charge in [-0.2, -0.15) is 0 Å². The number of carbonyl (C=O) groups is 1. The van der Waals surface area contributed by atoms with Crippen LogP contribution < -0.4 is 15.2 Å². The Bertz CT molecular complexity index is 406. The number of hydrogen-bond acceptors (Lipinski definition) is 4. The lowest BCUT2D eigenvalue weighted by molar-refractivity contribution is 0.0692. The molecule has 0 spiro atoms. The summed E-state index contributed by atoms with van der Waals surface area (Å²) in [4.78, 5) is 10.7. The second kappa shape index (κ2) is 4.04. The highest BCUT2D eigenvalue weighted by atomic mass is 19.1. The second-order valence-electron chi connectivity index (χ2n) is 2.69. The van der Waals surface area contributed by atoms with Crippen molar-refractivity contribution in [2.24, 2.45) is 0 Å². The quantitative estimate of drug-likeness (QED) is 0.738. The molecule has 1 aromatic carbocycles. The molecule has 0 aromatic heterocycles. The summed E-state index contributed by atoms with van der Waals surface area (Å²) in [5.41, 5.74) is 4.98. The van der Waals surface area contributed by atoms with Crippen molar-refractivity contribution >= 4 is 11.7 Å². The minimum atomic E-state index is -1.32. The summed E-state index contributed by atoms with van der Waals surface area (Å²) in [6.45, 7) is 0. The predicted octanol–water partition coefficient (Wildman–Crippen LogP) is 1.12. The minimum absolute atomic E-state index is 0.110. The Hall–Kier alpha value is -1.98. The van der Waals surface area contributed by atoms with Crippen LogP contribution >= 0.6 is 0 Å². The summed E-state index contributed by atoms with van der Waals surface area (Å²) >= 11 is 0. The van der Waals surface area contributed by atoms with Gasteiger partial charge < -0.3 is 20.3 Å². The number of carboxylic acids is 1. The summed E-state index contributed by atoms with van der Waals surface area (Å²) in [6.07, 6.45) is 0. The molecule has 0 bridgehead atoms. The van der Waals surface area contributed by atoms with E-state index in [1.54, 1.807) is 0 Å². The van der Waals surface area contributed by atoms with Crippen molar-refractivity contribution in [1.82, 2.24) is 0 Å². The highest BCUT2D eigenvalue weighted by Crippen LogP contribution is 2.37. The van der Waals surface area contributed by atoms with E-state index in [2.05, 4.69) is 4.74 Å². The number of anilines is 1. The molecule has 3 N–H and O–H groups in total. The van der Waals surface area contributed by atoms with Crippen LogP contribution in [0.15, 0.2) is 6.07 Å².